The third kappa shape index (κ3) is 4.71. The topological polar surface area (TPSA) is 29.5 Å². The first kappa shape index (κ1) is 13.9. The standard InChI is InChI=1S/C12H15ClFNO2/c1-15(6-5-12(16)17-2)8-9-3-4-10(13)11(14)7-9/h3-4,7H,5-6,8H2,1-2H3. The van der Waals surface area contributed by atoms with Crippen LogP contribution in [0.15, 0.2) is 18.2 Å². The summed E-state index contributed by atoms with van der Waals surface area (Å²) in [5.41, 5.74) is 0.819. The summed E-state index contributed by atoms with van der Waals surface area (Å²) in [6.45, 7) is 1.13. The van der Waals surface area contributed by atoms with Crippen LogP contribution in [0.2, 0.25) is 5.02 Å². The Morgan fingerprint density at radius 3 is 2.82 bits per heavy atom. The molecule has 0 bridgehead atoms. The van der Waals surface area contributed by atoms with E-state index >= 15 is 0 Å². The lowest BCUT2D eigenvalue weighted by molar-refractivity contribution is -0.140. The second-order valence-corrected chi connectivity index (χ2v) is 4.22. The third-order valence-electron chi connectivity index (χ3n) is 2.36. The molecular formula is C12H15ClFNO2. The van der Waals surface area contributed by atoms with Crippen molar-refractivity contribution in [2.45, 2.75) is 13.0 Å². The molecule has 0 aromatic heterocycles. The lowest BCUT2D eigenvalue weighted by Crippen LogP contribution is -2.21. The molecule has 0 fully saturated rings. The zero-order valence-electron chi connectivity index (χ0n) is 9.87. The van der Waals surface area contributed by atoms with E-state index in [1.54, 1.807) is 6.07 Å². The van der Waals surface area contributed by atoms with Crippen molar-refractivity contribution in [2.24, 2.45) is 0 Å². The first-order valence-corrected chi connectivity index (χ1v) is 5.60. The predicted octanol–water partition coefficient (Wildman–Crippen LogP) is 2.47. The van der Waals surface area contributed by atoms with Crippen molar-refractivity contribution in [2.75, 3.05) is 20.7 Å². The molecule has 1 rings (SSSR count). The molecule has 0 saturated heterocycles. The Balaban J connectivity index is 2.47. The van der Waals surface area contributed by atoms with Crippen molar-refractivity contribution >= 4 is 17.6 Å². The minimum absolute atomic E-state index is 0.117. The summed E-state index contributed by atoms with van der Waals surface area (Å²) in [6.07, 6.45) is 0.322. The molecule has 0 aliphatic heterocycles. The molecule has 0 aliphatic carbocycles. The molecule has 17 heavy (non-hydrogen) atoms. The van der Waals surface area contributed by atoms with Crippen LogP contribution in [0.3, 0.4) is 0 Å². The number of methoxy groups -OCH3 is 1. The van der Waals surface area contributed by atoms with Gasteiger partial charge in [0.05, 0.1) is 18.6 Å². The molecule has 0 atom stereocenters. The van der Waals surface area contributed by atoms with E-state index in [-0.39, 0.29) is 11.0 Å². The van der Waals surface area contributed by atoms with Gasteiger partial charge in [0.1, 0.15) is 5.82 Å². The van der Waals surface area contributed by atoms with Crippen LogP contribution in [-0.2, 0) is 16.1 Å². The Kier molecular flexibility index (Phi) is 5.38. The smallest absolute Gasteiger partial charge is 0.306 e. The number of hydrogen-bond donors (Lipinski definition) is 0. The Labute approximate surface area is 105 Å². The van der Waals surface area contributed by atoms with Crippen molar-refractivity contribution in [3.63, 3.8) is 0 Å². The highest BCUT2D eigenvalue weighted by atomic mass is 35.5. The summed E-state index contributed by atoms with van der Waals surface area (Å²) in [5.74, 6) is -0.676. The molecule has 1 aromatic rings. The Morgan fingerprint density at radius 2 is 2.24 bits per heavy atom. The van der Waals surface area contributed by atoms with Gasteiger partial charge in [-0.3, -0.25) is 4.79 Å². The number of carbonyl (C=O) groups excluding carboxylic acids is 1. The van der Waals surface area contributed by atoms with Crippen molar-refractivity contribution in [1.29, 1.82) is 0 Å². The van der Waals surface area contributed by atoms with Gasteiger partial charge in [-0.2, -0.15) is 0 Å². The molecule has 0 heterocycles. The number of rotatable bonds is 5. The van der Waals surface area contributed by atoms with Gasteiger partial charge in [0, 0.05) is 13.1 Å². The molecule has 0 aliphatic rings. The Hall–Kier alpha value is -1.13. The van der Waals surface area contributed by atoms with Gasteiger partial charge in [-0.15, -0.1) is 0 Å². The third-order valence-corrected chi connectivity index (χ3v) is 2.67. The van der Waals surface area contributed by atoms with Crippen LogP contribution in [-0.4, -0.2) is 31.6 Å². The SMILES string of the molecule is COC(=O)CCN(C)Cc1ccc(Cl)c(F)c1. The molecule has 0 spiro atoms. The molecule has 0 saturated carbocycles. The van der Waals surface area contributed by atoms with Crippen LogP contribution < -0.4 is 0 Å². The minimum Gasteiger partial charge on any atom is -0.469 e. The minimum atomic E-state index is -0.425. The molecule has 0 unspecified atom stereocenters. The van der Waals surface area contributed by atoms with Gasteiger partial charge in [0.15, 0.2) is 0 Å². The van der Waals surface area contributed by atoms with E-state index in [1.165, 1.54) is 19.2 Å². The van der Waals surface area contributed by atoms with E-state index in [2.05, 4.69) is 4.74 Å². The summed E-state index contributed by atoms with van der Waals surface area (Å²) in [5, 5.41) is 0.117. The Morgan fingerprint density at radius 1 is 1.53 bits per heavy atom. The fourth-order valence-corrected chi connectivity index (χ4v) is 1.53. The van der Waals surface area contributed by atoms with E-state index < -0.39 is 5.82 Å². The predicted molar refractivity (Wildman–Crippen MR) is 64.4 cm³/mol. The van der Waals surface area contributed by atoms with E-state index in [0.29, 0.717) is 19.5 Å². The highest BCUT2D eigenvalue weighted by molar-refractivity contribution is 6.30. The number of esters is 1. The van der Waals surface area contributed by atoms with Crippen molar-refractivity contribution in [3.05, 3.63) is 34.6 Å². The zero-order chi connectivity index (χ0) is 12.8. The Bertz CT molecular complexity index is 398. The van der Waals surface area contributed by atoms with Crippen LogP contribution in [0.4, 0.5) is 4.39 Å². The lowest BCUT2D eigenvalue weighted by Gasteiger charge is -2.16. The van der Waals surface area contributed by atoms with Gasteiger partial charge in [-0.05, 0) is 24.7 Å². The second-order valence-electron chi connectivity index (χ2n) is 3.81. The van der Waals surface area contributed by atoms with Crippen LogP contribution >= 0.6 is 11.6 Å². The van der Waals surface area contributed by atoms with Crippen LogP contribution in [0, 0.1) is 5.82 Å². The molecule has 1 aromatic carbocycles. The highest BCUT2D eigenvalue weighted by Gasteiger charge is 2.06. The number of nitrogens with zero attached hydrogens (tertiary/aromatic N) is 1. The molecule has 94 valence electrons. The first-order valence-electron chi connectivity index (χ1n) is 5.22. The molecule has 0 N–H and O–H groups in total. The van der Waals surface area contributed by atoms with E-state index in [9.17, 15) is 9.18 Å². The van der Waals surface area contributed by atoms with Crippen LogP contribution in [0.1, 0.15) is 12.0 Å². The summed E-state index contributed by atoms with van der Waals surface area (Å²) < 4.78 is 17.7. The van der Waals surface area contributed by atoms with Crippen molar-refractivity contribution in [3.8, 4) is 0 Å². The van der Waals surface area contributed by atoms with E-state index in [4.69, 9.17) is 11.6 Å². The summed E-state index contributed by atoms with van der Waals surface area (Å²) in [7, 11) is 3.21. The first-order chi connectivity index (χ1) is 8.02. The summed E-state index contributed by atoms with van der Waals surface area (Å²) in [4.78, 5) is 12.9. The van der Waals surface area contributed by atoms with Crippen LogP contribution in [0.25, 0.3) is 0 Å². The maximum absolute atomic E-state index is 13.2. The number of benzene rings is 1. The summed E-state index contributed by atoms with van der Waals surface area (Å²) in [6, 6.07) is 4.69. The van der Waals surface area contributed by atoms with Crippen molar-refractivity contribution < 1.29 is 13.9 Å². The quantitative estimate of drug-likeness (QED) is 0.761. The van der Waals surface area contributed by atoms with E-state index in [1.807, 2.05) is 11.9 Å². The molecule has 0 amide bonds. The van der Waals surface area contributed by atoms with Gasteiger partial charge in [-0.1, -0.05) is 17.7 Å². The highest BCUT2D eigenvalue weighted by Crippen LogP contribution is 2.16. The maximum atomic E-state index is 13.2. The fraction of sp³-hybridized carbons (Fsp3) is 0.417. The molecular weight excluding hydrogens is 245 g/mol. The maximum Gasteiger partial charge on any atom is 0.306 e. The number of carbonyl (C=O) groups is 1. The van der Waals surface area contributed by atoms with Gasteiger partial charge in [0.25, 0.3) is 0 Å². The van der Waals surface area contributed by atoms with Gasteiger partial charge in [0.2, 0.25) is 0 Å². The van der Waals surface area contributed by atoms with Crippen LogP contribution in [0.5, 0.6) is 0 Å². The van der Waals surface area contributed by atoms with E-state index in [0.717, 1.165) is 5.56 Å². The monoisotopic (exact) mass is 259 g/mol. The number of halogens is 2. The second kappa shape index (κ2) is 6.57. The number of hydrogen-bond acceptors (Lipinski definition) is 3. The average Bonchev–Trinajstić information content (AvgIpc) is 2.31. The molecule has 5 heteroatoms. The largest absolute Gasteiger partial charge is 0.469 e. The van der Waals surface area contributed by atoms with Gasteiger partial charge >= 0.3 is 5.97 Å². The van der Waals surface area contributed by atoms with Gasteiger partial charge < -0.3 is 9.64 Å². The fourth-order valence-electron chi connectivity index (χ4n) is 1.41. The van der Waals surface area contributed by atoms with Gasteiger partial charge in [-0.25, -0.2) is 4.39 Å². The summed E-state index contributed by atoms with van der Waals surface area (Å²) >= 11 is 5.59. The van der Waals surface area contributed by atoms with Crippen molar-refractivity contribution in [1.82, 2.24) is 4.90 Å². The normalized spacial score (nSPS) is 10.6. The lowest BCUT2D eigenvalue weighted by atomic mass is 10.2. The molecule has 0 radical (unpaired) electrons. The number of ether oxygens (including phenoxy) is 1. The zero-order valence-corrected chi connectivity index (χ0v) is 10.6. The molecule has 3 nitrogen and oxygen atoms in total. The average molecular weight is 260 g/mol.